The highest BCUT2D eigenvalue weighted by Gasteiger charge is 2.47. The van der Waals surface area contributed by atoms with Crippen LogP contribution in [-0.2, 0) is 9.47 Å². The zero-order chi connectivity index (χ0) is 16.6. The summed E-state index contributed by atoms with van der Waals surface area (Å²) in [4.78, 5) is 14.8. The minimum atomic E-state index is -0.0634. The summed E-state index contributed by atoms with van der Waals surface area (Å²) in [7, 11) is 0. The Morgan fingerprint density at radius 2 is 2.33 bits per heavy atom. The SMILES string of the molecule is Cc1oncc1C(=O)N1CC[C@H]2OCCC[C@@]2(COCC2CC2)C1. The summed E-state index contributed by atoms with van der Waals surface area (Å²) in [5, 5.41) is 3.74. The Bertz CT molecular complexity index is 598. The van der Waals surface area contributed by atoms with Crippen LogP contribution in [0, 0.1) is 18.3 Å². The van der Waals surface area contributed by atoms with E-state index in [-0.39, 0.29) is 17.4 Å². The standard InChI is InChI=1S/C18H26N2O4/c1-13-15(9-19-24-13)17(21)20-7-5-16-18(11-20,6-2-8-23-16)12-22-10-14-3-4-14/h9,14,16H,2-8,10-12H2,1H3/t16-,18+/m1/s1. The quantitative estimate of drug-likeness (QED) is 0.827. The molecule has 1 aromatic heterocycles. The molecule has 0 N–H and O–H groups in total. The molecular weight excluding hydrogens is 308 g/mol. The first-order valence-electron chi connectivity index (χ1n) is 9.08. The topological polar surface area (TPSA) is 64.8 Å². The van der Waals surface area contributed by atoms with Gasteiger partial charge in [-0.2, -0.15) is 0 Å². The van der Waals surface area contributed by atoms with Crippen molar-refractivity contribution < 1.29 is 18.8 Å². The number of fused-ring (bicyclic) bond motifs is 1. The van der Waals surface area contributed by atoms with Crippen molar-refractivity contribution in [2.45, 2.75) is 45.1 Å². The van der Waals surface area contributed by atoms with Gasteiger partial charge in [-0.15, -0.1) is 0 Å². The van der Waals surface area contributed by atoms with Gasteiger partial charge in [0.2, 0.25) is 0 Å². The van der Waals surface area contributed by atoms with Gasteiger partial charge >= 0.3 is 0 Å². The van der Waals surface area contributed by atoms with Crippen molar-refractivity contribution in [3.8, 4) is 0 Å². The van der Waals surface area contributed by atoms with E-state index in [1.54, 1.807) is 6.92 Å². The van der Waals surface area contributed by atoms with Crippen LogP contribution in [0.5, 0.6) is 0 Å². The molecule has 1 aliphatic carbocycles. The van der Waals surface area contributed by atoms with Gasteiger partial charge in [-0.3, -0.25) is 4.79 Å². The number of likely N-dealkylation sites (tertiary alicyclic amines) is 1. The number of aryl methyl sites for hydroxylation is 1. The van der Waals surface area contributed by atoms with Gasteiger partial charge in [-0.25, -0.2) is 0 Å². The fourth-order valence-corrected chi connectivity index (χ4v) is 4.06. The number of amides is 1. The van der Waals surface area contributed by atoms with Gasteiger partial charge in [-0.1, -0.05) is 5.16 Å². The molecule has 1 amide bonds. The van der Waals surface area contributed by atoms with E-state index in [0.29, 0.717) is 24.5 Å². The minimum absolute atomic E-state index is 0.0133. The van der Waals surface area contributed by atoms with Crippen LogP contribution in [-0.4, -0.2) is 55.0 Å². The van der Waals surface area contributed by atoms with Crippen LogP contribution in [0.15, 0.2) is 10.7 Å². The lowest BCUT2D eigenvalue weighted by Crippen LogP contribution is -2.58. The molecule has 132 valence electrons. The van der Waals surface area contributed by atoms with E-state index in [0.717, 1.165) is 44.9 Å². The summed E-state index contributed by atoms with van der Waals surface area (Å²) < 4.78 is 17.2. The highest BCUT2D eigenvalue weighted by molar-refractivity contribution is 5.94. The van der Waals surface area contributed by atoms with Crippen LogP contribution in [0.4, 0.5) is 0 Å². The molecule has 6 heteroatoms. The van der Waals surface area contributed by atoms with Gasteiger partial charge in [-0.05, 0) is 44.9 Å². The Balaban J connectivity index is 1.47. The number of hydrogen-bond donors (Lipinski definition) is 0. The largest absolute Gasteiger partial charge is 0.380 e. The average molecular weight is 334 g/mol. The Hall–Kier alpha value is -1.40. The van der Waals surface area contributed by atoms with Gasteiger partial charge < -0.3 is 18.9 Å². The molecule has 0 radical (unpaired) electrons. The fourth-order valence-electron chi connectivity index (χ4n) is 4.06. The minimum Gasteiger partial charge on any atom is -0.380 e. The third-order valence-corrected chi connectivity index (χ3v) is 5.70. The Morgan fingerprint density at radius 3 is 3.08 bits per heavy atom. The van der Waals surface area contributed by atoms with E-state index >= 15 is 0 Å². The van der Waals surface area contributed by atoms with E-state index in [9.17, 15) is 4.79 Å². The summed E-state index contributed by atoms with van der Waals surface area (Å²) >= 11 is 0. The van der Waals surface area contributed by atoms with Crippen molar-refractivity contribution in [1.29, 1.82) is 0 Å². The second kappa shape index (κ2) is 6.48. The lowest BCUT2D eigenvalue weighted by atomic mass is 9.73. The molecule has 1 aromatic rings. The van der Waals surface area contributed by atoms with Crippen molar-refractivity contribution in [3.05, 3.63) is 17.5 Å². The average Bonchev–Trinajstić information content (AvgIpc) is 3.32. The van der Waals surface area contributed by atoms with Crippen LogP contribution >= 0.6 is 0 Å². The fraction of sp³-hybridized carbons (Fsp3) is 0.778. The molecule has 0 aromatic carbocycles. The van der Waals surface area contributed by atoms with Gasteiger partial charge in [0, 0.05) is 31.7 Å². The lowest BCUT2D eigenvalue weighted by molar-refractivity contribution is -0.147. The highest BCUT2D eigenvalue weighted by Crippen LogP contribution is 2.41. The molecule has 0 bridgehead atoms. The number of nitrogens with zero attached hydrogens (tertiary/aromatic N) is 2. The summed E-state index contributed by atoms with van der Waals surface area (Å²) in [6, 6.07) is 0. The number of rotatable bonds is 5. The smallest absolute Gasteiger partial charge is 0.259 e. The molecule has 0 unspecified atom stereocenters. The summed E-state index contributed by atoms with van der Waals surface area (Å²) in [5.74, 6) is 1.35. The third kappa shape index (κ3) is 3.09. The van der Waals surface area contributed by atoms with Crippen molar-refractivity contribution in [1.82, 2.24) is 10.1 Å². The predicted molar refractivity (Wildman–Crippen MR) is 86.7 cm³/mol. The molecule has 2 aliphatic heterocycles. The summed E-state index contributed by atoms with van der Waals surface area (Å²) in [6.07, 6.45) is 7.30. The van der Waals surface area contributed by atoms with Crippen LogP contribution in [0.2, 0.25) is 0 Å². The molecular formula is C18H26N2O4. The van der Waals surface area contributed by atoms with E-state index in [1.165, 1.54) is 19.0 Å². The van der Waals surface area contributed by atoms with Crippen molar-refractivity contribution >= 4 is 5.91 Å². The number of carbonyl (C=O) groups excluding carboxylic acids is 1. The molecule has 4 rings (SSSR count). The van der Waals surface area contributed by atoms with Gasteiger partial charge in [0.1, 0.15) is 11.3 Å². The number of aromatic nitrogens is 1. The van der Waals surface area contributed by atoms with Gasteiger partial charge in [0.25, 0.3) is 5.91 Å². The zero-order valence-corrected chi connectivity index (χ0v) is 14.3. The Kier molecular flexibility index (Phi) is 4.35. The normalized spacial score (nSPS) is 30.2. The Morgan fingerprint density at radius 1 is 1.46 bits per heavy atom. The number of hydrogen-bond acceptors (Lipinski definition) is 5. The lowest BCUT2D eigenvalue weighted by Gasteiger charge is -2.50. The number of piperidine rings is 1. The molecule has 1 saturated carbocycles. The van der Waals surface area contributed by atoms with E-state index in [4.69, 9.17) is 14.0 Å². The van der Waals surface area contributed by atoms with Crippen molar-refractivity contribution in [2.75, 3.05) is 32.9 Å². The molecule has 3 heterocycles. The molecule has 0 spiro atoms. The first kappa shape index (κ1) is 16.1. The molecule has 2 saturated heterocycles. The van der Waals surface area contributed by atoms with Gasteiger partial charge in [0.05, 0.1) is 18.9 Å². The van der Waals surface area contributed by atoms with Crippen molar-refractivity contribution in [3.63, 3.8) is 0 Å². The maximum absolute atomic E-state index is 12.8. The monoisotopic (exact) mass is 334 g/mol. The van der Waals surface area contributed by atoms with Crippen LogP contribution < -0.4 is 0 Å². The van der Waals surface area contributed by atoms with Crippen LogP contribution in [0.3, 0.4) is 0 Å². The Labute approximate surface area is 142 Å². The summed E-state index contributed by atoms with van der Waals surface area (Å²) in [6.45, 7) is 5.58. The molecule has 3 aliphatic rings. The van der Waals surface area contributed by atoms with Gasteiger partial charge in [0.15, 0.2) is 0 Å². The first-order chi connectivity index (χ1) is 11.7. The number of carbonyl (C=O) groups is 1. The molecule has 2 atom stereocenters. The van der Waals surface area contributed by atoms with Crippen LogP contribution in [0.25, 0.3) is 0 Å². The van der Waals surface area contributed by atoms with Crippen LogP contribution in [0.1, 0.15) is 48.2 Å². The highest BCUT2D eigenvalue weighted by atomic mass is 16.5. The maximum Gasteiger partial charge on any atom is 0.259 e. The number of ether oxygens (including phenoxy) is 2. The molecule has 6 nitrogen and oxygen atoms in total. The molecule has 24 heavy (non-hydrogen) atoms. The second-order valence-electron chi connectivity index (χ2n) is 7.59. The zero-order valence-electron chi connectivity index (χ0n) is 14.3. The maximum atomic E-state index is 12.8. The van der Waals surface area contributed by atoms with E-state index in [2.05, 4.69) is 5.16 Å². The summed E-state index contributed by atoms with van der Waals surface area (Å²) in [5.41, 5.74) is 0.505. The molecule has 3 fully saturated rings. The third-order valence-electron chi connectivity index (χ3n) is 5.70. The second-order valence-corrected chi connectivity index (χ2v) is 7.59. The van der Waals surface area contributed by atoms with Crippen molar-refractivity contribution in [2.24, 2.45) is 11.3 Å². The van der Waals surface area contributed by atoms with E-state index in [1.807, 2.05) is 4.90 Å². The first-order valence-corrected chi connectivity index (χ1v) is 9.08. The predicted octanol–water partition coefficient (Wildman–Crippen LogP) is 2.42. The van der Waals surface area contributed by atoms with E-state index < -0.39 is 0 Å².